The molecular weight excluding hydrogens is 310 g/mol. The van der Waals surface area contributed by atoms with Crippen LogP contribution in [0.3, 0.4) is 0 Å². The minimum Gasteiger partial charge on any atom is -0.487 e. The Labute approximate surface area is 143 Å². The minimum atomic E-state index is 0.163. The van der Waals surface area contributed by atoms with Crippen LogP contribution in [0, 0.1) is 0 Å². The highest BCUT2D eigenvalue weighted by Gasteiger charge is 2.35. The largest absolute Gasteiger partial charge is 0.487 e. The summed E-state index contributed by atoms with van der Waals surface area (Å²) in [6.07, 6.45) is 3.09. The number of piperazine rings is 1. The standard InChI is InChI=1S/C18H24ClN3O/c1-21-8-10-22(11-9-21)18-14-4-2-3-5-16(14)23-17-7-6-13(19)12-15(17)20-18/h2-5,13,15,17H,6-12H2,1H3. The van der Waals surface area contributed by atoms with Crippen molar-refractivity contribution in [2.75, 3.05) is 33.2 Å². The van der Waals surface area contributed by atoms with Crippen molar-refractivity contribution in [2.24, 2.45) is 4.99 Å². The van der Waals surface area contributed by atoms with Gasteiger partial charge >= 0.3 is 0 Å². The van der Waals surface area contributed by atoms with Crippen molar-refractivity contribution in [1.29, 1.82) is 0 Å². The number of likely N-dealkylation sites (N-methyl/N-ethyl adjacent to an activating group) is 1. The Kier molecular flexibility index (Phi) is 4.20. The zero-order chi connectivity index (χ0) is 15.8. The summed E-state index contributed by atoms with van der Waals surface area (Å²) < 4.78 is 6.34. The quantitative estimate of drug-likeness (QED) is 0.683. The third kappa shape index (κ3) is 3.07. The molecule has 4 rings (SSSR count). The van der Waals surface area contributed by atoms with Crippen LogP contribution in [0.1, 0.15) is 24.8 Å². The van der Waals surface area contributed by atoms with Gasteiger partial charge in [-0.15, -0.1) is 11.6 Å². The lowest BCUT2D eigenvalue weighted by molar-refractivity contribution is 0.137. The molecule has 2 heterocycles. The van der Waals surface area contributed by atoms with Crippen molar-refractivity contribution in [3.8, 4) is 5.75 Å². The first-order chi connectivity index (χ1) is 11.2. The number of halogens is 1. The number of alkyl halides is 1. The van der Waals surface area contributed by atoms with Gasteiger partial charge in [0.2, 0.25) is 0 Å². The molecule has 1 saturated heterocycles. The maximum atomic E-state index is 6.41. The second-order valence-corrected chi connectivity index (χ2v) is 7.49. The molecule has 1 aromatic carbocycles. The fourth-order valence-corrected chi connectivity index (χ4v) is 4.07. The lowest BCUT2D eigenvalue weighted by Crippen LogP contribution is -2.48. The molecule has 124 valence electrons. The summed E-state index contributed by atoms with van der Waals surface area (Å²) in [4.78, 5) is 9.94. The van der Waals surface area contributed by atoms with E-state index in [4.69, 9.17) is 21.3 Å². The van der Waals surface area contributed by atoms with Crippen LogP contribution in [0.4, 0.5) is 0 Å². The fourth-order valence-electron chi connectivity index (χ4n) is 3.76. The number of hydrogen-bond acceptors (Lipinski definition) is 4. The molecule has 5 heteroatoms. The maximum Gasteiger partial charge on any atom is 0.135 e. The number of fused-ring (bicyclic) bond motifs is 2. The predicted molar refractivity (Wildman–Crippen MR) is 93.7 cm³/mol. The molecule has 0 spiro atoms. The Hall–Kier alpha value is -1.26. The van der Waals surface area contributed by atoms with Crippen LogP contribution in [-0.4, -0.2) is 66.4 Å². The predicted octanol–water partition coefficient (Wildman–Crippen LogP) is 2.60. The van der Waals surface area contributed by atoms with E-state index in [1.807, 2.05) is 6.07 Å². The monoisotopic (exact) mass is 333 g/mol. The van der Waals surface area contributed by atoms with E-state index in [9.17, 15) is 0 Å². The third-order valence-electron chi connectivity index (χ3n) is 5.19. The fraction of sp³-hybridized carbons (Fsp3) is 0.611. The molecule has 1 saturated carbocycles. The van der Waals surface area contributed by atoms with Crippen LogP contribution in [0.5, 0.6) is 5.75 Å². The van der Waals surface area contributed by atoms with Crippen LogP contribution in [-0.2, 0) is 0 Å². The number of amidine groups is 1. The van der Waals surface area contributed by atoms with Crippen molar-refractivity contribution in [3.63, 3.8) is 0 Å². The molecule has 2 fully saturated rings. The first-order valence-corrected chi connectivity index (χ1v) is 9.06. The number of para-hydroxylation sites is 1. The molecule has 1 aliphatic carbocycles. The van der Waals surface area contributed by atoms with Crippen molar-refractivity contribution in [3.05, 3.63) is 29.8 Å². The zero-order valence-corrected chi connectivity index (χ0v) is 14.4. The highest BCUT2D eigenvalue weighted by atomic mass is 35.5. The molecule has 4 nitrogen and oxygen atoms in total. The van der Waals surface area contributed by atoms with Crippen LogP contribution in [0.2, 0.25) is 0 Å². The first kappa shape index (κ1) is 15.3. The van der Waals surface area contributed by atoms with Crippen LogP contribution < -0.4 is 4.74 Å². The second-order valence-electron chi connectivity index (χ2n) is 6.87. The molecular formula is C18H24ClN3O. The summed E-state index contributed by atoms with van der Waals surface area (Å²) in [5.74, 6) is 2.08. The molecule has 0 N–H and O–H groups in total. The Balaban J connectivity index is 1.70. The minimum absolute atomic E-state index is 0.163. The van der Waals surface area contributed by atoms with E-state index < -0.39 is 0 Å². The van der Waals surface area contributed by atoms with E-state index in [1.54, 1.807) is 0 Å². The van der Waals surface area contributed by atoms with E-state index in [1.165, 1.54) is 0 Å². The molecule has 3 unspecified atom stereocenters. The maximum absolute atomic E-state index is 6.41. The highest BCUT2D eigenvalue weighted by Crippen LogP contribution is 2.34. The zero-order valence-electron chi connectivity index (χ0n) is 13.6. The van der Waals surface area contributed by atoms with E-state index in [2.05, 4.69) is 35.0 Å². The second kappa shape index (κ2) is 6.33. The highest BCUT2D eigenvalue weighted by molar-refractivity contribution is 6.20. The molecule has 2 aliphatic heterocycles. The Morgan fingerprint density at radius 2 is 1.91 bits per heavy atom. The van der Waals surface area contributed by atoms with Gasteiger partial charge in [-0.3, -0.25) is 4.99 Å². The normalized spacial score (nSPS) is 31.5. The molecule has 0 radical (unpaired) electrons. The molecule has 0 amide bonds. The average Bonchev–Trinajstić information content (AvgIpc) is 2.72. The van der Waals surface area contributed by atoms with Crippen LogP contribution in [0.25, 0.3) is 0 Å². The van der Waals surface area contributed by atoms with Crippen molar-refractivity contribution in [2.45, 2.75) is 36.8 Å². The summed E-state index contributed by atoms with van der Waals surface area (Å²) in [5.41, 5.74) is 1.14. The smallest absolute Gasteiger partial charge is 0.135 e. The van der Waals surface area contributed by atoms with Gasteiger partial charge in [-0.1, -0.05) is 12.1 Å². The van der Waals surface area contributed by atoms with Gasteiger partial charge in [0.15, 0.2) is 0 Å². The van der Waals surface area contributed by atoms with Crippen LogP contribution >= 0.6 is 11.6 Å². The Morgan fingerprint density at radius 3 is 2.74 bits per heavy atom. The number of ether oxygens (including phenoxy) is 1. The van der Waals surface area contributed by atoms with Gasteiger partial charge in [0, 0.05) is 31.6 Å². The van der Waals surface area contributed by atoms with Crippen molar-refractivity contribution < 1.29 is 4.74 Å². The van der Waals surface area contributed by atoms with E-state index in [0.717, 1.165) is 62.6 Å². The number of nitrogens with zero attached hydrogens (tertiary/aromatic N) is 3. The van der Waals surface area contributed by atoms with E-state index >= 15 is 0 Å². The summed E-state index contributed by atoms with van der Waals surface area (Å²) in [7, 11) is 2.18. The lowest BCUT2D eigenvalue weighted by atomic mass is 9.92. The molecule has 0 aromatic heterocycles. The number of benzene rings is 1. The Bertz CT molecular complexity index is 598. The molecule has 3 aliphatic rings. The topological polar surface area (TPSA) is 28.1 Å². The first-order valence-electron chi connectivity index (χ1n) is 8.62. The van der Waals surface area contributed by atoms with Crippen molar-refractivity contribution in [1.82, 2.24) is 9.80 Å². The SMILES string of the molecule is CN1CCN(C2=NC3CC(Cl)CCC3Oc3ccccc32)CC1. The van der Waals surface area contributed by atoms with Gasteiger partial charge in [0.25, 0.3) is 0 Å². The van der Waals surface area contributed by atoms with Gasteiger partial charge in [-0.25, -0.2) is 0 Å². The summed E-state index contributed by atoms with van der Waals surface area (Å²) in [6, 6.07) is 8.52. The number of aliphatic imine (C=N–C) groups is 1. The van der Waals surface area contributed by atoms with Gasteiger partial charge in [-0.05, 0) is 38.4 Å². The molecule has 1 aromatic rings. The summed E-state index contributed by atoms with van der Waals surface area (Å²) in [5, 5.41) is 0.221. The number of hydrogen-bond donors (Lipinski definition) is 0. The summed E-state index contributed by atoms with van der Waals surface area (Å²) >= 11 is 6.41. The van der Waals surface area contributed by atoms with Gasteiger partial charge in [0.05, 0.1) is 11.6 Å². The van der Waals surface area contributed by atoms with E-state index in [-0.39, 0.29) is 17.5 Å². The van der Waals surface area contributed by atoms with Crippen molar-refractivity contribution >= 4 is 17.4 Å². The number of rotatable bonds is 0. The van der Waals surface area contributed by atoms with Crippen LogP contribution in [0.15, 0.2) is 29.3 Å². The van der Waals surface area contributed by atoms with Gasteiger partial charge in [-0.2, -0.15) is 0 Å². The molecule has 0 bridgehead atoms. The lowest BCUT2D eigenvalue weighted by Gasteiger charge is -2.35. The Morgan fingerprint density at radius 1 is 1.13 bits per heavy atom. The van der Waals surface area contributed by atoms with Gasteiger partial charge in [0.1, 0.15) is 17.7 Å². The molecule has 3 atom stereocenters. The third-order valence-corrected chi connectivity index (χ3v) is 5.58. The van der Waals surface area contributed by atoms with Gasteiger partial charge < -0.3 is 14.5 Å². The van der Waals surface area contributed by atoms with E-state index in [0.29, 0.717) is 0 Å². The average molecular weight is 334 g/mol. The molecule has 23 heavy (non-hydrogen) atoms. The summed E-state index contributed by atoms with van der Waals surface area (Å²) in [6.45, 7) is 4.19.